The number of rotatable bonds is 11. The molecule has 61 heavy (non-hydrogen) atoms. The third kappa shape index (κ3) is 6.53. The molecule has 6 N–H and O–H groups in total. The van der Waals surface area contributed by atoms with E-state index in [9.17, 15) is 49.5 Å². The number of hydrogen-bond acceptors (Lipinski definition) is 18. The smallest absolute Gasteiger partial charge is 0.344 e. The minimum absolute atomic E-state index is 0.00835. The molecule has 8 atom stereocenters. The first-order valence-corrected chi connectivity index (χ1v) is 19.1. The molecule has 0 spiro atoms. The fourth-order valence-corrected chi connectivity index (χ4v) is 8.92. The molecule has 1 fully saturated rings. The maximum Gasteiger partial charge on any atom is 0.344 e. The van der Waals surface area contributed by atoms with Gasteiger partial charge in [-0.15, -0.1) is 0 Å². The van der Waals surface area contributed by atoms with Crippen LogP contribution in [-0.2, 0) is 47.1 Å². The highest BCUT2D eigenvalue weighted by atomic mass is 16.6. The molecule has 0 saturated carbocycles. The second-order valence-electron chi connectivity index (χ2n) is 15.2. The van der Waals surface area contributed by atoms with Crippen molar-refractivity contribution in [3.05, 3.63) is 104 Å². The SMILES string of the molecule is COC(=O)c1c(C)cc2c(c1OCC(=O)OCc1ccccc1)[C@]1(O)C(=O)c3cc4c(c(O)c3C(=O)[C@]1(OC)[C@H](O)C2)C(=O)C=C(N[C@H]1O[C@@H](C)[C@H](OC)[C@@H](O)[C@H]1CO)C4=O. The molecule has 1 heterocycles. The highest BCUT2D eigenvalue weighted by Gasteiger charge is 2.73. The van der Waals surface area contributed by atoms with Crippen LogP contribution in [0.15, 0.2) is 54.2 Å². The molecule has 3 aromatic carbocycles. The average Bonchev–Trinajstić information content (AvgIpc) is 3.23. The van der Waals surface area contributed by atoms with E-state index in [2.05, 4.69) is 5.32 Å². The largest absolute Gasteiger partial charge is 0.506 e. The number of esters is 2. The zero-order valence-corrected chi connectivity index (χ0v) is 33.5. The van der Waals surface area contributed by atoms with Crippen LogP contribution >= 0.6 is 0 Å². The summed E-state index contributed by atoms with van der Waals surface area (Å²) < 4.78 is 33.1. The molecule has 1 saturated heterocycles. The second kappa shape index (κ2) is 16.2. The highest BCUT2D eigenvalue weighted by molar-refractivity contribution is 6.31. The van der Waals surface area contributed by atoms with Crippen molar-refractivity contribution in [1.29, 1.82) is 0 Å². The number of phenolic OH excluding ortho intramolecular Hbond substituents is 1. The average molecular weight is 846 g/mol. The van der Waals surface area contributed by atoms with E-state index in [1.807, 2.05) is 0 Å². The van der Waals surface area contributed by atoms with Crippen LogP contribution in [0.5, 0.6) is 11.5 Å². The summed E-state index contributed by atoms with van der Waals surface area (Å²) in [4.78, 5) is 84.3. The first-order valence-electron chi connectivity index (χ1n) is 19.1. The molecular weight excluding hydrogens is 802 g/mol. The molecule has 18 heteroatoms. The lowest BCUT2D eigenvalue weighted by molar-refractivity contribution is -0.214. The first-order chi connectivity index (χ1) is 29.0. The maximum atomic E-state index is 15.1. The lowest BCUT2D eigenvalue weighted by atomic mass is 9.56. The third-order valence-corrected chi connectivity index (χ3v) is 11.8. The van der Waals surface area contributed by atoms with Gasteiger partial charge in [-0.25, -0.2) is 9.59 Å². The predicted octanol–water partition coefficient (Wildman–Crippen LogP) is 0.760. The van der Waals surface area contributed by atoms with Crippen molar-refractivity contribution in [3.63, 3.8) is 0 Å². The summed E-state index contributed by atoms with van der Waals surface area (Å²) in [7, 11) is 3.30. The molecule has 3 aliphatic carbocycles. The molecular formula is C43H43NO17. The Morgan fingerprint density at radius 1 is 0.984 bits per heavy atom. The van der Waals surface area contributed by atoms with E-state index in [0.717, 1.165) is 26.4 Å². The molecule has 1 aliphatic heterocycles. The van der Waals surface area contributed by atoms with Crippen LogP contribution in [0.25, 0.3) is 0 Å². The Morgan fingerprint density at radius 2 is 1.69 bits per heavy atom. The van der Waals surface area contributed by atoms with Gasteiger partial charge in [0.05, 0.1) is 54.8 Å². The summed E-state index contributed by atoms with van der Waals surface area (Å²) in [6, 6.07) is 10.8. The van der Waals surface area contributed by atoms with Crippen molar-refractivity contribution in [3.8, 4) is 11.5 Å². The number of aliphatic hydroxyl groups excluding tert-OH is 3. The number of ketones is 4. The van der Waals surface area contributed by atoms with Gasteiger partial charge in [-0.3, -0.25) is 19.2 Å². The Balaban J connectivity index is 1.34. The summed E-state index contributed by atoms with van der Waals surface area (Å²) in [5.74, 6) is -9.54. The Hall–Kier alpha value is -5.86. The molecule has 322 valence electrons. The maximum absolute atomic E-state index is 15.1. The van der Waals surface area contributed by atoms with Gasteiger partial charge in [0.25, 0.3) is 0 Å². The van der Waals surface area contributed by atoms with Gasteiger partial charge in [-0.1, -0.05) is 36.4 Å². The monoisotopic (exact) mass is 845 g/mol. The van der Waals surface area contributed by atoms with Gasteiger partial charge < -0.3 is 59.3 Å². The number of hydrogen-bond donors (Lipinski definition) is 6. The van der Waals surface area contributed by atoms with Gasteiger partial charge in [-0.05, 0) is 36.6 Å². The molecule has 18 nitrogen and oxygen atoms in total. The van der Waals surface area contributed by atoms with E-state index in [-0.39, 0.29) is 23.3 Å². The van der Waals surface area contributed by atoms with Gasteiger partial charge in [-0.2, -0.15) is 0 Å². The van der Waals surface area contributed by atoms with Gasteiger partial charge in [0, 0.05) is 43.4 Å². The second-order valence-corrected chi connectivity index (χ2v) is 15.2. The van der Waals surface area contributed by atoms with Gasteiger partial charge in [0.2, 0.25) is 17.3 Å². The summed E-state index contributed by atoms with van der Waals surface area (Å²) in [6.07, 6.45) is -5.84. The number of Topliss-reactive ketones (excluding diaryl/α,β-unsaturated/α-hetero) is 3. The predicted molar refractivity (Wildman–Crippen MR) is 206 cm³/mol. The molecule has 0 amide bonds. The van der Waals surface area contributed by atoms with Crippen molar-refractivity contribution in [2.24, 2.45) is 5.92 Å². The van der Waals surface area contributed by atoms with Crippen LogP contribution in [0.4, 0.5) is 0 Å². The lowest BCUT2D eigenvalue weighted by Crippen LogP contribution is -2.73. The number of fused-ring (bicyclic) bond motifs is 5. The zero-order chi connectivity index (χ0) is 44.3. The number of aliphatic hydroxyl groups is 4. The summed E-state index contributed by atoms with van der Waals surface area (Å²) >= 11 is 0. The standard InChI is InChI=1S/C43H43NO17/c1-18-11-21-12-27(47)43(58-5)39(53)31-23(13-22-30(35(31)51)26(46)14-25(33(22)49)44-40-24(15-45)34(50)36(56-3)19(2)61-40)38(52)42(43,55)32(21)37(29(18)41(54)57-4)60-17-28(48)59-16-20-9-7-6-8-10-20/h6-11,13-14,19,24,27,34,36,40,44-45,47,50-51,55H,12,15-17H2,1-5H3/t19-,24+,27+,34-,36-,40-,42-,43+/m0/s1. The Morgan fingerprint density at radius 3 is 2.33 bits per heavy atom. The number of benzene rings is 3. The van der Waals surface area contributed by atoms with Crippen LogP contribution < -0.4 is 10.1 Å². The van der Waals surface area contributed by atoms with Crippen LogP contribution in [0, 0.1) is 12.8 Å². The highest BCUT2D eigenvalue weighted by Crippen LogP contribution is 2.57. The quantitative estimate of drug-likeness (QED) is 0.145. The van der Waals surface area contributed by atoms with E-state index in [4.69, 9.17) is 28.4 Å². The van der Waals surface area contributed by atoms with Crippen LogP contribution in [-0.4, -0.2) is 131 Å². The number of aryl methyl sites for hydroxylation is 1. The molecule has 0 radical (unpaired) electrons. The normalized spacial score (nSPS) is 27.9. The number of allylic oxidation sites excluding steroid dienone is 2. The van der Waals surface area contributed by atoms with Crippen molar-refractivity contribution < 1.29 is 82.7 Å². The minimum atomic E-state index is -3.31. The fraction of sp³-hybridized carbons (Fsp3) is 0.395. The Bertz CT molecular complexity index is 2390. The van der Waals surface area contributed by atoms with E-state index >= 15 is 4.79 Å². The fourth-order valence-electron chi connectivity index (χ4n) is 8.92. The van der Waals surface area contributed by atoms with Crippen LogP contribution in [0.2, 0.25) is 0 Å². The number of nitrogens with one attached hydrogen (secondary N) is 1. The van der Waals surface area contributed by atoms with Gasteiger partial charge >= 0.3 is 11.9 Å². The van der Waals surface area contributed by atoms with Gasteiger partial charge in [0.15, 0.2) is 23.6 Å². The molecule has 0 unspecified atom stereocenters. The van der Waals surface area contributed by atoms with Crippen LogP contribution in [0.1, 0.15) is 81.0 Å². The van der Waals surface area contributed by atoms with Crippen molar-refractivity contribution in [2.45, 2.75) is 68.7 Å². The summed E-state index contributed by atoms with van der Waals surface area (Å²) in [5, 5.41) is 60.2. The topological polar surface area (TPSA) is 271 Å². The van der Waals surface area contributed by atoms with Gasteiger partial charge in [0.1, 0.15) is 36.0 Å². The lowest BCUT2D eigenvalue weighted by Gasteiger charge is -2.53. The number of carbonyl (C=O) groups excluding carboxylic acids is 6. The summed E-state index contributed by atoms with van der Waals surface area (Å²) in [5.41, 5.74) is -9.74. The molecule has 4 aliphatic rings. The van der Waals surface area contributed by atoms with Crippen molar-refractivity contribution >= 4 is 35.1 Å². The van der Waals surface area contributed by atoms with Crippen molar-refractivity contribution in [2.75, 3.05) is 34.5 Å². The minimum Gasteiger partial charge on any atom is -0.506 e. The number of ether oxygens (including phenoxy) is 6. The Labute approximate surface area is 347 Å². The molecule has 3 aromatic rings. The van der Waals surface area contributed by atoms with Crippen molar-refractivity contribution in [1.82, 2.24) is 5.32 Å². The number of aromatic hydroxyl groups is 1. The molecule has 0 bridgehead atoms. The molecule has 0 aromatic heterocycles. The van der Waals surface area contributed by atoms with E-state index in [1.54, 1.807) is 37.3 Å². The number of methoxy groups -OCH3 is 3. The number of carbonyl (C=O) groups is 6. The Kier molecular flexibility index (Phi) is 11.5. The summed E-state index contributed by atoms with van der Waals surface area (Å²) in [6.45, 7) is 1.38. The van der Waals surface area contributed by atoms with E-state index in [0.29, 0.717) is 5.56 Å². The third-order valence-electron chi connectivity index (χ3n) is 11.8. The van der Waals surface area contributed by atoms with E-state index in [1.165, 1.54) is 20.1 Å². The first kappa shape index (κ1) is 43.2. The van der Waals surface area contributed by atoms with E-state index < -0.39 is 147 Å². The number of phenols is 1. The molecule has 7 rings (SSSR count). The van der Waals surface area contributed by atoms with Crippen LogP contribution in [0.3, 0.4) is 0 Å². The zero-order valence-electron chi connectivity index (χ0n) is 33.5.